The molecular formula is C13H16F2N2OS. The van der Waals surface area contributed by atoms with Crippen LogP contribution in [-0.2, 0) is 4.79 Å². The van der Waals surface area contributed by atoms with Gasteiger partial charge in [-0.25, -0.2) is 0 Å². The van der Waals surface area contributed by atoms with Gasteiger partial charge < -0.3 is 10.2 Å². The van der Waals surface area contributed by atoms with Crippen molar-refractivity contribution in [1.82, 2.24) is 4.90 Å². The molecule has 0 saturated carbocycles. The zero-order valence-electron chi connectivity index (χ0n) is 10.4. The van der Waals surface area contributed by atoms with Gasteiger partial charge in [0.25, 0.3) is 5.76 Å². The van der Waals surface area contributed by atoms with Crippen molar-refractivity contribution >= 4 is 23.4 Å². The molecule has 1 saturated heterocycles. The Morgan fingerprint density at radius 1 is 1.32 bits per heavy atom. The summed E-state index contributed by atoms with van der Waals surface area (Å²) in [5, 5.41) is 2.95. The van der Waals surface area contributed by atoms with E-state index >= 15 is 0 Å². The average molecular weight is 286 g/mol. The number of carbonyl (C=O) groups is 1. The highest BCUT2D eigenvalue weighted by molar-refractivity contribution is 7.99. The lowest BCUT2D eigenvalue weighted by Gasteiger charge is -2.17. The predicted molar refractivity (Wildman–Crippen MR) is 72.6 cm³/mol. The standard InChI is InChI=1S/C13H16F2N2OS/c14-13(15)19-11-6-2-1-5-10(11)16-9-12(18)17-7-3-4-8-17/h1-2,5-6,13,16H,3-4,7-9H2. The van der Waals surface area contributed by atoms with Gasteiger partial charge in [-0.1, -0.05) is 23.9 Å². The van der Waals surface area contributed by atoms with Crippen molar-refractivity contribution in [3.63, 3.8) is 0 Å². The van der Waals surface area contributed by atoms with Crippen molar-refractivity contribution in [2.24, 2.45) is 0 Å². The molecule has 3 nitrogen and oxygen atoms in total. The Hall–Kier alpha value is -1.30. The molecule has 104 valence electrons. The number of hydrogen-bond donors (Lipinski definition) is 1. The lowest BCUT2D eigenvalue weighted by molar-refractivity contribution is -0.128. The fourth-order valence-electron chi connectivity index (χ4n) is 2.06. The molecule has 1 N–H and O–H groups in total. The number of carbonyl (C=O) groups excluding carboxylic acids is 1. The minimum absolute atomic E-state index is 0.0225. The molecule has 1 aromatic carbocycles. The number of rotatable bonds is 5. The summed E-state index contributed by atoms with van der Waals surface area (Å²) in [6.45, 7) is 1.75. The molecule has 1 aliphatic rings. The number of alkyl halides is 2. The highest BCUT2D eigenvalue weighted by Gasteiger charge is 2.18. The Morgan fingerprint density at radius 3 is 2.68 bits per heavy atom. The van der Waals surface area contributed by atoms with E-state index < -0.39 is 5.76 Å². The van der Waals surface area contributed by atoms with Crippen LogP contribution in [0, 0.1) is 0 Å². The lowest BCUT2D eigenvalue weighted by atomic mass is 10.3. The summed E-state index contributed by atoms with van der Waals surface area (Å²) in [7, 11) is 0. The summed E-state index contributed by atoms with van der Waals surface area (Å²) in [4.78, 5) is 14.1. The quantitative estimate of drug-likeness (QED) is 0.844. The summed E-state index contributed by atoms with van der Waals surface area (Å²) in [5.41, 5.74) is 0.584. The summed E-state index contributed by atoms with van der Waals surface area (Å²) >= 11 is 0.488. The number of para-hydroxylation sites is 1. The fraction of sp³-hybridized carbons (Fsp3) is 0.462. The van der Waals surface area contributed by atoms with Crippen molar-refractivity contribution in [3.05, 3.63) is 24.3 Å². The van der Waals surface area contributed by atoms with Crippen LogP contribution in [0.5, 0.6) is 0 Å². The number of benzene rings is 1. The second kappa shape index (κ2) is 6.75. The molecule has 0 atom stereocenters. The van der Waals surface area contributed by atoms with Gasteiger partial charge in [-0.05, 0) is 25.0 Å². The van der Waals surface area contributed by atoms with Crippen molar-refractivity contribution in [1.29, 1.82) is 0 Å². The maximum absolute atomic E-state index is 12.4. The molecule has 0 bridgehead atoms. The van der Waals surface area contributed by atoms with Gasteiger partial charge in [0.2, 0.25) is 5.91 Å². The first-order valence-electron chi connectivity index (χ1n) is 6.22. The van der Waals surface area contributed by atoms with Gasteiger partial charge in [0, 0.05) is 23.7 Å². The summed E-state index contributed by atoms with van der Waals surface area (Å²) in [6, 6.07) is 6.80. The second-order valence-electron chi connectivity index (χ2n) is 4.32. The van der Waals surface area contributed by atoms with E-state index in [4.69, 9.17) is 0 Å². The summed E-state index contributed by atoms with van der Waals surface area (Å²) in [5.74, 6) is -2.44. The van der Waals surface area contributed by atoms with Crippen LogP contribution in [0.3, 0.4) is 0 Å². The number of hydrogen-bond acceptors (Lipinski definition) is 3. The van der Waals surface area contributed by atoms with E-state index in [-0.39, 0.29) is 12.5 Å². The normalized spacial score (nSPS) is 15.0. The predicted octanol–water partition coefficient (Wildman–Crippen LogP) is 3.04. The van der Waals surface area contributed by atoms with Gasteiger partial charge in [-0.2, -0.15) is 8.78 Å². The molecule has 1 amide bonds. The van der Waals surface area contributed by atoms with Gasteiger partial charge >= 0.3 is 0 Å². The monoisotopic (exact) mass is 286 g/mol. The number of nitrogens with one attached hydrogen (secondary N) is 1. The minimum atomic E-state index is -2.46. The summed E-state index contributed by atoms with van der Waals surface area (Å²) in [6.07, 6.45) is 2.09. The molecule has 0 aromatic heterocycles. The van der Waals surface area contributed by atoms with Gasteiger partial charge in [-0.3, -0.25) is 4.79 Å². The largest absolute Gasteiger partial charge is 0.375 e. The number of amides is 1. The Bertz CT molecular complexity index is 436. The van der Waals surface area contributed by atoms with E-state index in [1.54, 1.807) is 29.2 Å². The Balaban J connectivity index is 1.93. The van der Waals surface area contributed by atoms with E-state index in [9.17, 15) is 13.6 Å². The third-order valence-corrected chi connectivity index (χ3v) is 3.78. The number of anilines is 1. The maximum Gasteiger partial charge on any atom is 0.288 e. The Kier molecular flexibility index (Phi) is 5.01. The molecule has 6 heteroatoms. The van der Waals surface area contributed by atoms with Gasteiger partial charge in [0.05, 0.1) is 6.54 Å². The molecule has 1 fully saturated rings. The van der Waals surface area contributed by atoms with Crippen LogP contribution < -0.4 is 5.32 Å². The molecule has 0 aliphatic carbocycles. The van der Waals surface area contributed by atoms with Gasteiger partial charge in [-0.15, -0.1) is 0 Å². The molecule has 0 radical (unpaired) electrons. The summed E-state index contributed by atoms with van der Waals surface area (Å²) < 4.78 is 24.8. The second-order valence-corrected chi connectivity index (χ2v) is 5.35. The van der Waals surface area contributed by atoms with Crippen LogP contribution in [-0.4, -0.2) is 36.2 Å². The van der Waals surface area contributed by atoms with Crippen LogP contribution in [0.25, 0.3) is 0 Å². The third kappa shape index (κ3) is 4.09. The third-order valence-electron chi connectivity index (χ3n) is 2.99. The van der Waals surface area contributed by atoms with E-state index in [0.29, 0.717) is 22.3 Å². The Morgan fingerprint density at radius 2 is 2.00 bits per heavy atom. The lowest BCUT2D eigenvalue weighted by Crippen LogP contribution is -2.33. The fourth-order valence-corrected chi connectivity index (χ4v) is 2.68. The SMILES string of the molecule is O=C(CNc1ccccc1SC(F)F)N1CCCC1. The zero-order chi connectivity index (χ0) is 13.7. The van der Waals surface area contributed by atoms with Gasteiger partial charge in [0.1, 0.15) is 0 Å². The molecule has 1 heterocycles. The van der Waals surface area contributed by atoms with Crippen molar-refractivity contribution < 1.29 is 13.6 Å². The first-order chi connectivity index (χ1) is 9.16. The van der Waals surface area contributed by atoms with E-state index in [1.807, 2.05) is 0 Å². The molecule has 0 spiro atoms. The van der Waals surface area contributed by atoms with Crippen molar-refractivity contribution in [2.75, 3.05) is 25.0 Å². The topological polar surface area (TPSA) is 32.3 Å². The van der Waals surface area contributed by atoms with Crippen molar-refractivity contribution in [3.8, 4) is 0 Å². The highest BCUT2D eigenvalue weighted by Crippen LogP contribution is 2.31. The molecule has 19 heavy (non-hydrogen) atoms. The van der Waals surface area contributed by atoms with E-state index in [2.05, 4.69) is 5.32 Å². The Labute approximate surface area is 115 Å². The van der Waals surface area contributed by atoms with E-state index in [0.717, 1.165) is 25.9 Å². The van der Waals surface area contributed by atoms with E-state index in [1.165, 1.54) is 0 Å². The number of nitrogens with zero attached hydrogens (tertiary/aromatic N) is 1. The molecule has 2 rings (SSSR count). The zero-order valence-corrected chi connectivity index (χ0v) is 11.3. The first kappa shape index (κ1) is 14.1. The van der Waals surface area contributed by atoms with Gasteiger partial charge in [0.15, 0.2) is 0 Å². The number of likely N-dealkylation sites (tertiary alicyclic amines) is 1. The maximum atomic E-state index is 12.4. The number of halogens is 2. The van der Waals surface area contributed by atoms with Crippen LogP contribution in [0.2, 0.25) is 0 Å². The number of thioether (sulfide) groups is 1. The van der Waals surface area contributed by atoms with Crippen LogP contribution in [0.1, 0.15) is 12.8 Å². The van der Waals surface area contributed by atoms with Crippen LogP contribution in [0.4, 0.5) is 14.5 Å². The first-order valence-corrected chi connectivity index (χ1v) is 7.10. The molecular weight excluding hydrogens is 270 g/mol. The average Bonchev–Trinajstić information content (AvgIpc) is 2.90. The molecule has 1 aliphatic heterocycles. The van der Waals surface area contributed by atoms with Crippen molar-refractivity contribution in [2.45, 2.75) is 23.5 Å². The minimum Gasteiger partial charge on any atom is -0.375 e. The smallest absolute Gasteiger partial charge is 0.288 e. The van der Waals surface area contributed by atoms with Crippen LogP contribution in [0.15, 0.2) is 29.2 Å². The molecule has 1 aromatic rings. The molecule has 0 unspecified atom stereocenters. The highest BCUT2D eigenvalue weighted by atomic mass is 32.2. The van der Waals surface area contributed by atoms with Crippen LogP contribution >= 0.6 is 11.8 Å².